The van der Waals surface area contributed by atoms with Crippen molar-refractivity contribution in [1.82, 2.24) is 0 Å². The molecule has 1 aromatic carbocycles. The van der Waals surface area contributed by atoms with Gasteiger partial charge in [-0.05, 0) is 31.5 Å². The van der Waals surface area contributed by atoms with Crippen molar-refractivity contribution in [2.24, 2.45) is 0 Å². The molecule has 23 heavy (non-hydrogen) atoms. The molecule has 0 amide bonds. The number of halogens is 1. The van der Waals surface area contributed by atoms with E-state index in [0.717, 1.165) is 22.6 Å². The first-order chi connectivity index (χ1) is 10.9. The molecular formula is C17H15ClO5. The van der Waals surface area contributed by atoms with E-state index in [1.807, 2.05) is 19.9 Å². The first-order valence-corrected chi connectivity index (χ1v) is 7.56. The molecule has 0 N–H and O–H groups in total. The van der Waals surface area contributed by atoms with E-state index in [-0.39, 0.29) is 0 Å². The maximum atomic E-state index is 11.7. The first kappa shape index (κ1) is 15.6. The molecule has 120 valence electrons. The summed E-state index contributed by atoms with van der Waals surface area (Å²) >= 11 is 5.40. The lowest BCUT2D eigenvalue weighted by molar-refractivity contribution is -0.155. The minimum atomic E-state index is -0.717. The second-order valence-electron chi connectivity index (χ2n) is 5.88. The van der Waals surface area contributed by atoms with Gasteiger partial charge in [0.05, 0.1) is 0 Å². The molecule has 5 nitrogen and oxygen atoms in total. The zero-order valence-corrected chi connectivity index (χ0v) is 13.4. The first-order valence-electron chi connectivity index (χ1n) is 7.12. The van der Waals surface area contributed by atoms with Crippen molar-refractivity contribution in [2.45, 2.75) is 32.0 Å². The zero-order valence-electron chi connectivity index (χ0n) is 12.7. The lowest BCUT2D eigenvalue weighted by Gasteiger charge is -2.39. The van der Waals surface area contributed by atoms with Crippen LogP contribution in [0, 0.1) is 0 Å². The standard InChI is InChI=1S/C17H15ClO5/c1-17(2)14(22-16(20)5-6-18)8-11-7-10-3-4-15(19)21-12(10)9-13(11)23-17/h3-7,9,14H,8H2,1-2H3/b6-5+/t14-/m1/s1. The van der Waals surface area contributed by atoms with Gasteiger partial charge in [-0.2, -0.15) is 0 Å². The van der Waals surface area contributed by atoms with Crippen LogP contribution in [0.3, 0.4) is 0 Å². The minimum Gasteiger partial charge on any atom is -0.484 e. The van der Waals surface area contributed by atoms with Gasteiger partial charge >= 0.3 is 11.6 Å². The van der Waals surface area contributed by atoms with Gasteiger partial charge in [0.1, 0.15) is 23.0 Å². The molecule has 1 aliphatic rings. The smallest absolute Gasteiger partial charge is 0.336 e. The van der Waals surface area contributed by atoms with Crippen LogP contribution in [0.5, 0.6) is 5.75 Å². The second kappa shape index (κ2) is 5.74. The average Bonchev–Trinajstić information content (AvgIpc) is 2.46. The number of fused-ring (bicyclic) bond motifs is 2. The van der Waals surface area contributed by atoms with Gasteiger partial charge < -0.3 is 13.9 Å². The Balaban J connectivity index is 1.98. The van der Waals surface area contributed by atoms with Crippen LogP contribution in [0.25, 0.3) is 11.0 Å². The summed E-state index contributed by atoms with van der Waals surface area (Å²) in [5.74, 6) is 0.106. The van der Waals surface area contributed by atoms with Crippen molar-refractivity contribution in [2.75, 3.05) is 0 Å². The molecule has 0 aliphatic carbocycles. The van der Waals surface area contributed by atoms with E-state index in [1.165, 1.54) is 6.07 Å². The molecule has 0 spiro atoms. The normalized spacial score (nSPS) is 19.3. The summed E-state index contributed by atoms with van der Waals surface area (Å²) in [4.78, 5) is 23.0. The Morgan fingerprint density at radius 3 is 2.91 bits per heavy atom. The molecule has 1 aromatic heterocycles. The number of hydrogen-bond donors (Lipinski definition) is 0. The van der Waals surface area contributed by atoms with Crippen LogP contribution in [0.2, 0.25) is 0 Å². The molecule has 0 fully saturated rings. The molecule has 0 radical (unpaired) electrons. The zero-order chi connectivity index (χ0) is 16.6. The molecule has 0 saturated heterocycles. The van der Waals surface area contributed by atoms with Crippen LogP contribution >= 0.6 is 11.6 Å². The number of ether oxygens (including phenoxy) is 2. The van der Waals surface area contributed by atoms with Crippen molar-refractivity contribution in [1.29, 1.82) is 0 Å². The highest BCUT2D eigenvalue weighted by atomic mass is 35.5. The molecule has 0 bridgehead atoms. The van der Waals surface area contributed by atoms with Crippen molar-refractivity contribution in [3.63, 3.8) is 0 Å². The van der Waals surface area contributed by atoms with Gasteiger partial charge in [0.25, 0.3) is 0 Å². The van der Waals surface area contributed by atoms with Crippen LogP contribution in [0.15, 0.2) is 45.1 Å². The Morgan fingerprint density at radius 1 is 1.39 bits per heavy atom. The Labute approximate surface area is 137 Å². The van der Waals surface area contributed by atoms with Crippen molar-refractivity contribution in [3.8, 4) is 5.75 Å². The fourth-order valence-corrected chi connectivity index (χ4v) is 2.71. The minimum absolute atomic E-state index is 0.410. The van der Waals surface area contributed by atoms with E-state index in [4.69, 9.17) is 25.5 Å². The summed E-state index contributed by atoms with van der Waals surface area (Å²) in [5.41, 5.74) is 1.34. The van der Waals surface area contributed by atoms with Gasteiger partial charge in [0.2, 0.25) is 0 Å². The Morgan fingerprint density at radius 2 is 2.17 bits per heavy atom. The highest BCUT2D eigenvalue weighted by Crippen LogP contribution is 2.37. The van der Waals surface area contributed by atoms with Crippen molar-refractivity contribution in [3.05, 3.63) is 51.9 Å². The van der Waals surface area contributed by atoms with Crippen LogP contribution in [-0.4, -0.2) is 17.7 Å². The van der Waals surface area contributed by atoms with E-state index in [0.29, 0.717) is 17.8 Å². The van der Waals surface area contributed by atoms with Gasteiger partial charge in [0.15, 0.2) is 0 Å². The highest BCUT2D eigenvalue weighted by Gasteiger charge is 2.39. The lowest BCUT2D eigenvalue weighted by atomic mass is 9.90. The van der Waals surface area contributed by atoms with Gasteiger partial charge in [-0.1, -0.05) is 11.6 Å². The Kier molecular flexibility index (Phi) is 3.90. The van der Waals surface area contributed by atoms with Gasteiger partial charge in [0, 0.05) is 35.6 Å². The van der Waals surface area contributed by atoms with Crippen LogP contribution in [-0.2, 0) is 16.0 Å². The molecule has 1 atom stereocenters. The van der Waals surface area contributed by atoms with Gasteiger partial charge in [-0.25, -0.2) is 9.59 Å². The summed E-state index contributed by atoms with van der Waals surface area (Å²) in [5, 5.41) is 0.789. The number of carbonyl (C=O) groups is 1. The van der Waals surface area contributed by atoms with Crippen molar-refractivity contribution < 1.29 is 18.7 Å². The third kappa shape index (κ3) is 3.10. The van der Waals surface area contributed by atoms with Crippen molar-refractivity contribution >= 4 is 28.5 Å². The maximum absolute atomic E-state index is 11.7. The SMILES string of the molecule is CC1(C)Oc2cc3oc(=O)ccc3cc2C[C@H]1OC(=O)/C=C/Cl. The van der Waals surface area contributed by atoms with Crippen LogP contribution in [0.1, 0.15) is 19.4 Å². The van der Waals surface area contributed by atoms with E-state index in [2.05, 4.69) is 0 Å². The molecule has 0 unspecified atom stereocenters. The number of esters is 1. The quantitative estimate of drug-likeness (QED) is 0.479. The molecule has 6 heteroatoms. The summed E-state index contributed by atoms with van der Waals surface area (Å²) in [6.45, 7) is 3.67. The van der Waals surface area contributed by atoms with Crippen LogP contribution < -0.4 is 10.4 Å². The van der Waals surface area contributed by atoms with E-state index in [9.17, 15) is 9.59 Å². The predicted octanol–water partition coefficient (Wildman–Crippen LogP) is 3.17. The van der Waals surface area contributed by atoms with E-state index in [1.54, 1.807) is 12.1 Å². The number of carbonyl (C=O) groups excluding carboxylic acids is 1. The van der Waals surface area contributed by atoms with Gasteiger partial charge in [-0.15, -0.1) is 0 Å². The molecule has 2 heterocycles. The fourth-order valence-electron chi connectivity index (χ4n) is 2.61. The largest absolute Gasteiger partial charge is 0.484 e. The summed E-state index contributed by atoms with van der Waals surface area (Å²) in [6.07, 6.45) is 1.20. The topological polar surface area (TPSA) is 65.7 Å². The van der Waals surface area contributed by atoms with E-state index < -0.39 is 23.3 Å². The number of rotatable bonds is 2. The molecular weight excluding hydrogens is 320 g/mol. The fraction of sp³-hybridized carbons (Fsp3) is 0.294. The van der Waals surface area contributed by atoms with Gasteiger partial charge in [-0.3, -0.25) is 0 Å². The highest BCUT2D eigenvalue weighted by molar-refractivity contribution is 6.26. The molecule has 2 aromatic rings. The maximum Gasteiger partial charge on any atom is 0.336 e. The summed E-state index contributed by atoms with van der Waals surface area (Å²) in [7, 11) is 0. The number of hydrogen-bond acceptors (Lipinski definition) is 5. The third-order valence-corrected chi connectivity index (χ3v) is 3.94. The molecule has 0 saturated carbocycles. The molecule has 3 rings (SSSR count). The monoisotopic (exact) mass is 334 g/mol. The average molecular weight is 335 g/mol. The second-order valence-corrected chi connectivity index (χ2v) is 6.13. The van der Waals surface area contributed by atoms with Crippen LogP contribution in [0.4, 0.5) is 0 Å². The summed E-state index contributed by atoms with van der Waals surface area (Å²) < 4.78 is 16.6. The third-order valence-electron chi connectivity index (χ3n) is 3.81. The molecule has 1 aliphatic heterocycles. The summed E-state index contributed by atoms with van der Waals surface area (Å²) in [6, 6.07) is 6.63. The predicted molar refractivity (Wildman–Crippen MR) is 85.8 cm³/mol. The number of benzene rings is 1. The Bertz CT molecular complexity index is 850. The van der Waals surface area contributed by atoms with E-state index >= 15 is 0 Å². The Hall–Kier alpha value is -2.27. The lowest BCUT2D eigenvalue weighted by Crippen LogP contribution is -2.48.